The van der Waals surface area contributed by atoms with Crippen LogP contribution in [0, 0.1) is 6.92 Å². The van der Waals surface area contributed by atoms with Crippen molar-refractivity contribution in [2.24, 2.45) is 0 Å². The highest BCUT2D eigenvalue weighted by Crippen LogP contribution is 2.18. The molecule has 0 saturated heterocycles. The van der Waals surface area contributed by atoms with Crippen molar-refractivity contribution in [2.75, 3.05) is 11.9 Å². The number of rotatable bonds is 8. The van der Waals surface area contributed by atoms with Crippen molar-refractivity contribution in [2.45, 2.75) is 45.3 Å². The van der Waals surface area contributed by atoms with Gasteiger partial charge in [0.1, 0.15) is 0 Å². The second kappa shape index (κ2) is 9.12. The Hall–Kier alpha value is -2.22. The van der Waals surface area contributed by atoms with Gasteiger partial charge in [0.15, 0.2) is 0 Å². The van der Waals surface area contributed by atoms with E-state index in [2.05, 4.69) is 10.0 Å². The highest BCUT2D eigenvalue weighted by molar-refractivity contribution is 7.89. The van der Waals surface area contributed by atoms with E-state index in [0.29, 0.717) is 23.4 Å². The molecule has 0 aliphatic heterocycles. The van der Waals surface area contributed by atoms with Gasteiger partial charge in [-0.15, -0.1) is 0 Å². The average Bonchev–Trinajstić information content (AvgIpc) is 2.60. The zero-order valence-electron chi connectivity index (χ0n) is 16.1. The minimum Gasteiger partial charge on any atom is -0.374 e. The number of carbonyl (C=O) groups is 1. The average molecular weight is 391 g/mol. The summed E-state index contributed by atoms with van der Waals surface area (Å²) in [6.45, 7) is 8.13. The van der Waals surface area contributed by atoms with Crippen LogP contribution in [-0.2, 0) is 21.4 Å². The van der Waals surface area contributed by atoms with E-state index in [1.807, 2.05) is 32.0 Å². The Labute approximate surface area is 161 Å². The van der Waals surface area contributed by atoms with Crippen molar-refractivity contribution in [3.8, 4) is 0 Å². The zero-order chi connectivity index (χ0) is 20.0. The van der Waals surface area contributed by atoms with Gasteiger partial charge < -0.3 is 10.1 Å². The summed E-state index contributed by atoms with van der Waals surface area (Å²) in [5, 5.41) is 2.83. The maximum Gasteiger partial charge on any atom is 0.255 e. The molecule has 6 nitrogen and oxygen atoms in total. The van der Waals surface area contributed by atoms with Gasteiger partial charge >= 0.3 is 0 Å². The molecule has 2 aromatic rings. The minimum atomic E-state index is -3.62. The quantitative estimate of drug-likeness (QED) is 0.723. The number of ether oxygens (including phenoxy) is 1. The van der Waals surface area contributed by atoms with Crippen LogP contribution >= 0.6 is 0 Å². The van der Waals surface area contributed by atoms with Gasteiger partial charge in [0.25, 0.3) is 5.91 Å². The van der Waals surface area contributed by atoms with Gasteiger partial charge in [0.05, 0.1) is 17.6 Å². The summed E-state index contributed by atoms with van der Waals surface area (Å²) in [6.07, 6.45) is 0.118. The molecule has 0 aromatic heterocycles. The van der Waals surface area contributed by atoms with Crippen LogP contribution in [0.4, 0.5) is 5.69 Å². The fraction of sp³-hybridized carbons (Fsp3) is 0.350. The van der Waals surface area contributed by atoms with Gasteiger partial charge in [-0.05, 0) is 56.2 Å². The lowest BCUT2D eigenvalue weighted by Gasteiger charge is -2.12. The number of amides is 1. The zero-order valence-corrected chi connectivity index (χ0v) is 16.9. The van der Waals surface area contributed by atoms with Gasteiger partial charge in [-0.3, -0.25) is 4.79 Å². The number of anilines is 1. The van der Waals surface area contributed by atoms with Crippen molar-refractivity contribution in [3.63, 3.8) is 0 Å². The molecule has 0 atom stereocenters. The molecule has 0 saturated carbocycles. The molecule has 1 amide bonds. The van der Waals surface area contributed by atoms with Gasteiger partial charge in [-0.2, -0.15) is 0 Å². The molecule has 0 spiro atoms. The van der Waals surface area contributed by atoms with Crippen LogP contribution in [0.3, 0.4) is 0 Å². The van der Waals surface area contributed by atoms with E-state index in [1.165, 1.54) is 12.1 Å². The van der Waals surface area contributed by atoms with E-state index in [0.717, 1.165) is 5.56 Å². The third-order valence-electron chi connectivity index (χ3n) is 3.87. The number of sulfonamides is 1. The van der Waals surface area contributed by atoms with Crippen molar-refractivity contribution >= 4 is 21.6 Å². The Kier molecular flexibility index (Phi) is 7.12. The van der Waals surface area contributed by atoms with Crippen LogP contribution in [0.25, 0.3) is 0 Å². The van der Waals surface area contributed by atoms with E-state index in [1.54, 1.807) is 26.0 Å². The first-order valence-electron chi connectivity index (χ1n) is 8.85. The lowest BCUT2D eigenvalue weighted by atomic mass is 10.1. The Morgan fingerprint density at radius 3 is 2.56 bits per heavy atom. The maximum absolute atomic E-state index is 12.7. The molecular formula is C20H26N2O4S. The van der Waals surface area contributed by atoms with Crippen molar-refractivity contribution < 1.29 is 17.9 Å². The minimum absolute atomic E-state index is 0.0687. The summed E-state index contributed by atoms with van der Waals surface area (Å²) in [5.74, 6) is -0.358. The fourth-order valence-electron chi connectivity index (χ4n) is 2.49. The highest BCUT2D eigenvalue weighted by Gasteiger charge is 2.17. The normalized spacial score (nSPS) is 11.6. The summed E-state index contributed by atoms with van der Waals surface area (Å²) in [7, 11) is -3.62. The third-order valence-corrected chi connectivity index (χ3v) is 5.41. The number of carbonyl (C=O) groups excluding carboxylic acids is 1. The van der Waals surface area contributed by atoms with Crippen LogP contribution < -0.4 is 10.0 Å². The number of nitrogens with one attached hydrogen (secondary N) is 2. The molecule has 0 radical (unpaired) electrons. The number of aryl methyl sites for hydroxylation is 1. The largest absolute Gasteiger partial charge is 0.374 e. The van der Waals surface area contributed by atoms with E-state index < -0.39 is 10.0 Å². The highest BCUT2D eigenvalue weighted by atomic mass is 32.2. The Morgan fingerprint density at radius 2 is 1.89 bits per heavy atom. The molecule has 0 aliphatic carbocycles. The summed E-state index contributed by atoms with van der Waals surface area (Å²) in [5.41, 5.74) is 2.59. The van der Waals surface area contributed by atoms with Crippen LogP contribution in [-0.4, -0.2) is 27.0 Å². The first-order chi connectivity index (χ1) is 12.7. The molecule has 0 aliphatic rings. The predicted molar refractivity (Wildman–Crippen MR) is 106 cm³/mol. The van der Waals surface area contributed by atoms with E-state index in [4.69, 9.17) is 4.74 Å². The first-order valence-corrected chi connectivity index (χ1v) is 10.3. The van der Waals surface area contributed by atoms with Crippen molar-refractivity contribution in [1.82, 2.24) is 4.72 Å². The fourth-order valence-corrected chi connectivity index (χ4v) is 3.55. The molecule has 2 N–H and O–H groups in total. The smallest absolute Gasteiger partial charge is 0.255 e. The monoisotopic (exact) mass is 390 g/mol. The molecule has 0 fully saturated rings. The van der Waals surface area contributed by atoms with Crippen molar-refractivity contribution in [3.05, 3.63) is 59.2 Å². The van der Waals surface area contributed by atoms with Crippen LogP contribution in [0.1, 0.15) is 42.3 Å². The summed E-state index contributed by atoms with van der Waals surface area (Å²) in [4.78, 5) is 12.8. The molecule has 146 valence electrons. The van der Waals surface area contributed by atoms with Gasteiger partial charge in [0, 0.05) is 17.8 Å². The molecule has 2 rings (SSSR count). The van der Waals surface area contributed by atoms with E-state index in [9.17, 15) is 13.2 Å². The first kappa shape index (κ1) is 21.1. The maximum atomic E-state index is 12.7. The Balaban J connectivity index is 2.22. The third kappa shape index (κ3) is 5.89. The standard InChI is InChI=1S/C20H26N2O4S/c1-5-21-27(24,25)18-10-9-15(4)19(12-18)20(23)22-17-8-6-7-16(11-17)13-26-14(2)3/h6-12,14,21H,5,13H2,1-4H3,(H,22,23). The van der Waals surface area contributed by atoms with Gasteiger partial charge in [-0.1, -0.05) is 25.1 Å². The van der Waals surface area contributed by atoms with Crippen LogP contribution in [0.15, 0.2) is 47.4 Å². The predicted octanol–water partition coefficient (Wildman–Crippen LogP) is 3.47. The molecule has 2 aromatic carbocycles. The number of hydrogen-bond donors (Lipinski definition) is 2. The lowest BCUT2D eigenvalue weighted by Crippen LogP contribution is -2.24. The Bertz CT molecular complexity index is 908. The van der Waals surface area contributed by atoms with Gasteiger partial charge in [-0.25, -0.2) is 13.1 Å². The molecule has 27 heavy (non-hydrogen) atoms. The van der Waals surface area contributed by atoms with E-state index >= 15 is 0 Å². The molecular weight excluding hydrogens is 364 g/mol. The summed E-state index contributed by atoms with van der Waals surface area (Å²) in [6, 6.07) is 11.9. The van der Waals surface area contributed by atoms with E-state index in [-0.39, 0.29) is 23.5 Å². The second-order valence-corrected chi connectivity index (χ2v) is 8.26. The SMILES string of the molecule is CCNS(=O)(=O)c1ccc(C)c(C(=O)Nc2cccc(COC(C)C)c2)c1. The lowest BCUT2D eigenvalue weighted by molar-refractivity contribution is 0.0657. The Morgan fingerprint density at radius 1 is 1.15 bits per heavy atom. The van der Waals surface area contributed by atoms with Crippen LogP contribution in [0.2, 0.25) is 0 Å². The molecule has 7 heteroatoms. The summed E-state index contributed by atoms with van der Waals surface area (Å²) < 4.78 is 32.4. The molecule has 0 unspecified atom stereocenters. The topological polar surface area (TPSA) is 84.5 Å². The molecule has 0 heterocycles. The number of benzene rings is 2. The van der Waals surface area contributed by atoms with Crippen molar-refractivity contribution in [1.29, 1.82) is 0 Å². The van der Waals surface area contributed by atoms with Crippen LogP contribution in [0.5, 0.6) is 0 Å². The van der Waals surface area contributed by atoms with Gasteiger partial charge in [0.2, 0.25) is 10.0 Å². The summed E-state index contributed by atoms with van der Waals surface area (Å²) >= 11 is 0. The number of hydrogen-bond acceptors (Lipinski definition) is 4. The molecule has 0 bridgehead atoms. The second-order valence-electron chi connectivity index (χ2n) is 6.49.